The maximum absolute atomic E-state index is 14.5. The third kappa shape index (κ3) is 8.45. The predicted molar refractivity (Wildman–Crippen MR) is 179 cm³/mol. The van der Waals surface area contributed by atoms with Crippen LogP contribution in [0.15, 0.2) is 108 Å². The average molecular weight is 644 g/mol. The molecule has 0 aromatic heterocycles. The molecular weight excluding hydrogens is 602 g/mol. The molecule has 1 N–H and O–H groups in total. The summed E-state index contributed by atoms with van der Waals surface area (Å²) in [5, 5.41) is 2.97. The normalized spacial score (nSPS) is 11.9. The van der Waals surface area contributed by atoms with Gasteiger partial charge in [-0.2, -0.15) is 0 Å². The number of hydrogen-bond acceptors (Lipinski definition) is 6. The maximum atomic E-state index is 14.5. The highest BCUT2D eigenvalue weighted by molar-refractivity contribution is 7.92. The number of aryl methyl sites for hydroxylation is 1. The molecule has 1 atom stereocenters. The first-order chi connectivity index (χ1) is 22.0. The zero-order chi connectivity index (χ0) is 33.3. The van der Waals surface area contributed by atoms with Crippen molar-refractivity contribution in [3.05, 3.63) is 120 Å². The van der Waals surface area contributed by atoms with Crippen molar-refractivity contribution in [3.8, 4) is 11.5 Å². The molecule has 9 nitrogen and oxygen atoms in total. The number of anilines is 1. The molecule has 4 aromatic rings. The molecule has 0 aliphatic heterocycles. The third-order valence-electron chi connectivity index (χ3n) is 7.44. The SMILES string of the molecule is COc1ccc(S(=O)(=O)N(CC(=O)N(Cc2ccc(C)cc2)[C@H](Cc2ccccc2)C(=O)NC(C)C)c2ccccc2)cc1OC. The molecule has 0 aliphatic rings. The number of para-hydroxylation sites is 1. The zero-order valence-electron chi connectivity index (χ0n) is 26.8. The Kier molecular flexibility index (Phi) is 11.4. The molecule has 10 heteroatoms. The van der Waals surface area contributed by atoms with Crippen LogP contribution in [0.4, 0.5) is 5.69 Å². The van der Waals surface area contributed by atoms with E-state index >= 15 is 0 Å². The number of amides is 2. The molecule has 4 aromatic carbocycles. The Morgan fingerprint density at radius 3 is 1.98 bits per heavy atom. The molecule has 46 heavy (non-hydrogen) atoms. The molecule has 4 rings (SSSR count). The fourth-order valence-electron chi connectivity index (χ4n) is 5.05. The molecule has 0 bridgehead atoms. The summed E-state index contributed by atoms with van der Waals surface area (Å²) in [6, 6.07) is 28.8. The average Bonchev–Trinajstić information content (AvgIpc) is 3.06. The minimum atomic E-state index is -4.29. The van der Waals surface area contributed by atoms with Crippen LogP contribution < -0.4 is 19.1 Å². The number of nitrogens with one attached hydrogen (secondary N) is 1. The highest BCUT2D eigenvalue weighted by Gasteiger charge is 2.35. The number of rotatable bonds is 14. The van der Waals surface area contributed by atoms with E-state index in [1.54, 1.807) is 30.3 Å². The van der Waals surface area contributed by atoms with Gasteiger partial charge in [-0.3, -0.25) is 13.9 Å². The van der Waals surface area contributed by atoms with Crippen LogP contribution >= 0.6 is 0 Å². The van der Waals surface area contributed by atoms with Gasteiger partial charge in [0.15, 0.2) is 11.5 Å². The fourth-order valence-corrected chi connectivity index (χ4v) is 6.48. The van der Waals surface area contributed by atoms with E-state index in [2.05, 4.69) is 5.32 Å². The quantitative estimate of drug-likeness (QED) is 0.198. The van der Waals surface area contributed by atoms with E-state index in [1.807, 2.05) is 75.4 Å². The number of hydrogen-bond donors (Lipinski definition) is 1. The van der Waals surface area contributed by atoms with Crippen molar-refractivity contribution >= 4 is 27.5 Å². The second-order valence-electron chi connectivity index (χ2n) is 11.2. The number of benzene rings is 4. The van der Waals surface area contributed by atoms with E-state index in [-0.39, 0.29) is 35.6 Å². The van der Waals surface area contributed by atoms with Crippen LogP contribution in [0.2, 0.25) is 0 Å². The summed E-state index contributed by atoms with van der Waals surface area (Å²) >= 11 is 0. The molecule has 0 aliphatic carbocycles. The predicted octanol–water partition coefficient (Wildman–Crippen LogP) is 5.37. The lowest BCUT2D eigenvalue weighted by Gasteiger charge is -2.34. The van der Waals surface area contributed by atoms with Gasteiger partial charge in [0.25, 0.3) is 10.0 Å². The van der Waals surface area contributed by atoms with Crippen molar-refractivity contribution in [3.63, 3.8) is 0 Å². The van der Waals surface area contributed by atoms with Gasteiger partial charge in [-0.05, 0) is 56.2 Å². The second kappa shape index (κ2) is 15.4. The molecule has 242 valence electrons. The van der Waals surface area contributed by atoms with Crippen LogP contribution in [-0.2, 0) is 32.6 Å². The van der Waals surface area contributed by atoms with Gasteiger partial charge in [-0.1, -0.05) is 78.4 Å². The lowest BCUT2D eigenvalue weighted by molar-refractivity contribution is -0.140. The molecule has 0 heterocycles. The molecule has 0 saturated carbocycles. The summed E-state index contributed by atoms with van der Waals surface area (Å²) in [5.74, 6) is -0.258. The van der Waals surface area contributed by atoms with Crippen LogP contribution in [-0.4, -0.2) is 58.0 Å². The minimum Gasteiger partial charge on any atom is -0.493 e. The van der Waals surface area contributed by atoms with E-state index in [0.29, 0.717) is 11.4 Å². The van der Waals surface area contributed by atoms with Crippen molar-refractivity contribution in [2.75, 3.05) is 25.1 Å². The van der Waals surface area contributed by atoms with Crippen molar-refractivity contribution in [2.24, 2.45) is 0 Å². The summed E-state index contributed by atoms with van der Waals surface area (Å²) in [7, 11) is -1.41. The van der Waals surface area contributed by atoms with Gasteiger partial charge in [-0.15, -0.1) is 0 Å². The Hall–Kier alpha value is -4.83. The fraction of sp³-hybridized carbons (Fsp3) is 0.278. The highest BCUT2D eigenvalue weighted by Crippen LogP contribution is 2.32. The smallest absolute Gasteiger partial charge is 0.264 e. The summed E-state index contributed by atoms with van der Waals surface area (Å²) in [5.41, 5.74) is 3.03. The number of nitrogens with zero attached hydrogens (tertiary/aromatic N) is 2. The zero-order valence-corrected chi connectivity index (χ0v) is 27.7. The van der Waals surface area contributed by atoms with Gasteiger partial charge in [0, 0.05) is 25.1 Å². The first-order valence-corrected chi connectivity index (χ1v) is 16.5. The molecule has 0 saturated heterocycles. The van der Waals surface area contributed by atoms with Crippen molar-refractivity contribution in [1.29, 1.82) is 0 Å². The Balaban J connectivity index is 1.80. The molecule has 0 fully saturated rings. The Morgan fingerprint density at radius 2 is 1.39 bits per heavy atom. The first kappa shape index (κ1) is 34.1. The van der Waals surface area contributed by atoms with Crippen molar-refractivity contribution < 1.29 is 27.5 Å². The topological polar surface area (TPSA) is 105 Å². The van der Waals surface area contributed by atoms with Gasteiger partial charge in [0.1, 0.15) is 12.6 Å². The van der Waals surface area contributed by atoms with Crippen LogP contribution in [0.25, 0.3) is 0 Å². The first-order valence-electron chi connectivity index (χ1n) is 15.0. The lowest BCUT2D eigenvalue weighted by Crippen LogP contribution is -2.54. The molecule has 0 spiro atoms. The largest absolute Gasteiger partial charge is 0.493 e. The summed E-state index contributed by atoms with van der Waals surface area (Å²) in [6.45, 7) is 5.23. The molecule has 0 unspecified atom stereocenters. The van der Waals surface area contributed by atoms with Gasteiger partial charge >= 0.3 is 0 Å². The van der Waals surface area contributed by atoms with Crippen LogP contribution in [0.1, 0.15) is 30.5 Å². The standard InChI is InChI=1S/C36H41N3O6S/c1-26(2)37-36(41)32(22-28-12-8-6-9-13-28)38(24-29-18-16-27(3)17-19-29)35(40)25-39(30-14-10-7-11-15-30)46(42,43)31-20-21-33(44-4)34(23-31)45-5/h6-21,23,26,32H,22,24-25H2,1-5H3,(H,37,41)/t32-/m1/s1. The van der Waals surface area contributed by atoms with Crippen molar-refractivity contribution in [2.45, 2.75) is 50.7 Å². The number of ether oxygens (including phenoxy) is 2. The highest BCUT2D eigenvalue weighted by atomic mass is 32.2. The Bertz CT molecular complexity index is 1710. The number of carbonyl (C=O) groups excluding carboxylic acids is 2. The van der Waals surface area contributed by atoms with Gasteiger partial charge in [0.2, 0.25) is 11.8 Å². The maximum Gasteiger partial charge on any atom is 0.264 e. The Labute approximate surface area is 271 Å². The van der Waals surface area contributed by atoms with Crippen LogP contribution in [0.5, 0.6) is 11.5 Å². The van der Waals surface area contributed by atoms with Crippen molar-refractivity contribution in [1.82, 2.24) is 10.2 Å². The van der Waals surface area contributed by atoms with E-state index in [0.717, 1.165) is 21.0 Å². The number of methoxy groups -OCH3 is 2. The lowest BCUT2D eigenvalue weighted by atomic mass is 10.0. The van der Waals surface area contributed by atoms with E-state index in [4.69, 9.17) is 9.47 Å². The number of sulfonamides is 1. The molecule has 0 radical (unpaired) electrons. The van der Waals surface area contributed by atoms with Crippen LogP contribution in [0.3, 0.4) is 0 Å². The molecule has 2 amide bonds. The molecular formula is C36H41N3O6S. The number of carbonyl (C=O) groups is 2. The summed E-state index contributed by atoms with van der Waals surface area (Å²) in [6.07, 6.45) is 0.241. The Morgan fingerprint density at radius 1 is 0.783 bits per heavy atom. The second-order valence-corrected chi connectivity index (χ2v) is 13.1. The van der Waals surface area contributed by atoms with Crippen LogP contribution in [0, 0.1) is 6.92 Å². The van der Waals surface area contributed by atoms with Gasteiger partial charge < -0.3 is 19.7 Å². The van der Waals surface area contributed by atoms with Gasteiger partial charge in [0.05, 0.1) is 24.8 Å². The van der Waals surface area contributed by atoms with Gasteiger partial charge in [-0.25, -0.2) is 8.42 Å². The van der Waals surface area contributed by atoms with E-state index in [1.165, 1.54) is 37.3 Å². The minimum absolute atomic E-state index is 0.0784. The van der Waals surface area contributed by atoms with E-state index in [9.17, 15) is 18.0 Å². The summed E-state index contributed by atoms with van der Waals surface area (Å²) in [4.78, 5) is 29.7. The van der Waals surface area contributed by atoms with E-state index < -0.39 is 28.5 Å². The monoisotopic (exact) mass is 643 g/mol. The summed E-state index contributed by atoms with van der Waals surface area (Å²) < 4.78 is 40.3. The third-order valence-corrected chi connectivity index (χ3v) is 9.21.